The summed E-state index contributed by atoms with van der Waals surface area (Å²) in [5.41, 5.74) is 0.422. The van der Waals surface area contributed by atoms with Crippen LogP contribution in [-0.4, -0.2) is 114 Å². The van der Waals surface area contributed by atoms with E-state index >= 15 is 0 Å². The van der Waals surface area contributed by atoms with Crippen molar-refractivity contribution in [1.29, 1.82) is 0 Å². The average Bonchev–Trinajstić information content (AvgIpc) is 3.56. The highest BCUT2D eigenvalue weighted by Crippen LogP contribution is 2.51. The van der Waals surface area contributed by atoms with Gasteiger partial charge in [0.05, 0.1) is 6.20 Å². The second-order valence-corrected chi connectivity index (χ2v) is 15.9. The van der Waals surface area contributed by atoms with E-state index in [4.69, 9.17) is 4.74 Å². The summed E-state index contributed by atoms with van der Waals surface area (Å²) in [6, 6.07) is 6.14. The van der Waals surface area contributed by atoms with Crippen LogP contribution in [0, 0.1) is 0 Å². The fraction of sp³-hybridized carbons (Fsp3) is 0.448. The van der Waals surface area contributed by atoms with E-state index < -0.39 is 57.5 Å². The number of hydrogen-bond donors (Lipinski definition) is 2. The van der Waals surface area contributed by atoms with Gasteiger partial charge < -0.3 is 20.3 Å². The van der Waals surface area contributed by atoms with Crippen molar-refractivity contribution in [3.8, 4) is 0 Å². The smallest absolute Gasteiger partial charge is 0.355 e. The van der Waals surface area contributed by atoms with E-state index in [0.29, 0.717) is 22.6 Å². The molecule has 3 aliphatic rings. The largest absolute Gasteiger partial charge is 0.455 e. The van der Waals surface area contributed by atoms with Gasteiger partial charge in [-0.2, -0.15) is 0 Å². The van der Waals surface area contributed by atoms with Crippen LogP contribution in [-0.2, 0) is 28.7 Å². The van der Waals surface area contributed by atoms with Crippen molar-refractivity contribution in [3.05, 3.63) is 53.4 Å². The summed E-state index contributed by atoms with van der Waals surface area (Å²) < 4.78 is 10.4. The maximum absolute atomic E-state index is 14.1. The summed E-state index contributed by atoms with van der Waals surface area (Å²) in [7, 11) is 1.46. The number of hydrogen-bond acceptors (Lipinski definition) is 13. The van der Waals surface area contributed by atoms with E-state index in [1.54, 1.807) is 63.6 Å². The first-order valence-corrected chi connectivity index (χ1v) is 18.4. The fourth-order valence-corrected chi connectivity index (χ4v) is 9.26. The van der Waals surface area contributed by atoms with Gasteiger partial charge in [0, 0.05) is 31.6 Å². The Bertz CT molecular complexity index is 1620. The number of β-lactam (4-membered cyclic amide) rings is 1. The van der Waals surface area contributed by atoms with Gasteiger partial charge in [-0.05, 0) is 49.7 Å². The molecule has 1 unspecified atom stereocenters. The molecule has 2 aromatic rings. The van der Waals surface area contributed by atoms with Crippen molar-refractivity contribution in [2.24, 2.45) is 0 Å². The third kappa shape index (κ3) is 7.00. The fourth-order valence-electron chi connectivity index (χ4n) is 5.08. The van der Waals surface area contributed by atoms with Gasteiger partial charge in [-0.1, -0.05) is 34.8 Å². The van der Waals surface area contributed by atoms with Gasteiger partial charge in [-0.3, -0.25) is 29.0 Å². The monoisotopic (exact) mass is 719 g/mol. The van der Waals surface area contributed by atoms with Gasteiger partial charge in [0.15, 0.2) is 4.87 Å². The minimum absolute atomic E-state index is 0.0448. The van der Waals surface area contributed by atoms with Crippen molar-refractivity contribution in [2.75, 3.05) is 37.9 Å². The SMILES string of the molecule is CS[C@@]1(NC(=O)C(NC(=O)N2CCN(C)C(=O)C2=O)c2ccccc2)C(=O)N2C(C(=O)OC(C)(C)C)=C(CSc3cnns3)CS[C@H]21. The van der Waals surface area contributed by atoms with Crippen LogP contribution in [0.5, 0.6) is 0 Å². The molecule has 14 nitrogen and oxygen atoms in total. The molecule has 0 spiro atoms. The van der Waals surface area contributed by atoms with Gasteiger partial charge in [-0.25, -0.2) is 9.59 Å². The first-order valence-electron chi connectivity index (χ1n) is 14.4. The van der Waals surface area contributed by atoms with Crippen LogP contribution in [0.25, 0.3) is 0 Å². The maximum Gasteiger partial charge on any atom is 0.355 e. The first-order chi connectivity index (χ1) is 22.3. The Morgan fingerprint density at radius 3 is 2.49 bits per heavy atom. The zero-order valence-electron chi connectivity index (χ0n) is 26.2. The van der Waals surface area contributed by atoms with Crippen LogP contribution < -0.4 is 10.6 Å². The second kappa shape index (κ2) is 13.9. The van der Waals surface area contributed by atoms with E-state index in [1.807, 2.05) is 0 Å². The molecule has 4 heterocycles. The number of nitrogens with zero attached hydrogens (tertiary/aromatic N) is 5. The van der Waals surface area contributed by atoms with Crippen LogP contribution in [0.1, 0.15) is 32.4 Å². The Hall–Kier alpha value is -3.61. The number of carbonyl (C=O) groups excluding carboxylic acids is 6. The molecule has 1 aromatic heterocycles. The number of rotatable bonds is 9. The number of carbonyl (C=O) groups is 6. The van der Waals surface area contributed by atoms with Crippen molar-refractivity contribution in [1.82, 2.24) is 34.9 Å². The summed E-state index contributed by atoms with van der Waals surface area (Å²) in [5, 5.41) is 8.63. The van der Waals surface area contributed by atoms with Crippen molar-refractivity contribution < 1.29 is 33.5 Å². The zero-order valence-corrected chi connectivity index (χ0v) is 29.4. The second-order valence-electron chi connectivity index (χ2n) is 11.7. The van der Waals surface area contributed by atoms with Gasteiger partial charge in [-0.15, -0.1) is 40.4 Å². The standard InChI is InChI=1S/C29H33N7O7S4/c1-28(2,3)43-24(40)20-17(14-45-18-13-30-33-47-18)15-46-26-29(44-5,25(41)36(20)26)32-21(37)19(16-9-7-6-8-10-16)31-27(42)35-12-11-34(4)22(38)23(35)39/h6-10,13,19,26H,11-12,14-15H2,1-5H3,(H,31,42)(H,32,37)/t19?,26-,29-/m0/s1. The highest BCUT2D eigenvalue weighted by atomic mass is 32.2. The molecule has 47 heavy (non-hydrogen) atoms. The summed E-state index contributed by atoms with van der Waals surface area (Å²) in [6.07, 6.45) is 3.31. The quantitative estimate of drug-likeness (QED) is 0.127. The van der Waals surface area contributed by atoms with Crippen molar-refractivity contribution >= 4 is 82.4 Å². The van der Waals surface area contributed by atoms with Crippen molar-refractivity contribution in [3.63, 3.8) is 0 Å². The third-order valence-corrected chi connectivity index (χ3v) is 12.0. The Morgan fingerprint density at radius 1 is 1.13 bits per heavy atom. The molecule has 0 bridgehead atoms. The number of piperazine rings is 1. The number of ether oxygens (including phenoxy) is 1. The minimum atomic E-state index is -1.48. The highest BCUT2D eigenvalue weighted by Gasteiger charge is 2.66. The molecule has 0 aliphatic carbocycles. The maximum atomic E-state index is 14.1. The van der Waals surface area contributed by atoms with Crippen molar-refractivity contribution in [2.45, 2.75) is 46.9 Å². The number of thioether (sulfide) groups is 3. The molecule has 2 N–H and O–H groups in total. The Morgan fingerprint density at radius 2 is 1.85 bits per heavy atom. The van der Waals surface area contributed by atoms with Gasteiger partial charge in [0.2, 0.25) is 5.91 Å². The summed E-state index contributed by atoms with van der Waals surface area (Å²) in [4.78, 5) is 81.7. The van der Waals surface area contributed by atoms with E-state index in [2.05, 4.69) is 20.2 Å². The number of esters is 1. The number of imide groups is 1. The summed E-state index contributed by atoms with van der Waals surface area (Å²) in [6.45, 7) is 5.33. The van der Waals surface area contributed by atoms with E-state index in [0.717, 1.165) is 20.9 Å². The molecular weight excluding hydrogens is 687 g/mol. The van der Waals surface area contributed by atoms with E-state index in [1.165, 1.54) is 51.9 Å². The normalized spacial score (nSPS) is 22.0. The molecule has 3 atom stereocenters. The summed E-state index contributed by atoms with van der Waals surface area (Å²) >= 11 is 5.19. The molecular formula is C29H33N7O7S4. The predicted molar refractivity (Wildman–Crippen MR) is 178 cm³/mol. The lowest BCUT2D eigenvalue weighted by molar-refractivity contribution is -0.160. The molecule has 18 heteroatoms. The first kappa shape index (κ1) is 34.7. The van der Waals surface area contributed by atoms with Crippen LogP contribution >= 0.6 is 46.8 Å². The molecule has 6 amide bonds. The van der Waals surface area contributed by atoms with Gasteiger partial charge in [0.25, 0.3) is 5.91 Å². The topological polar surface area (TPSA) is 171 Å². The van der Waals surface area contributed by atoms with Crippen LogP contribution in [0.4, 0.5) is 4.79 Å². The number of likely N-dealkylation sites (N-methyl/N-ethyl adjacent to an activating group) is 1. The zero-order chi connectivity index (χ0) is 34.1. The highest BCUT2D eigenvalue weighted by molar-refractivity contribution is 8.05. The minimum Gasteiger partial charge on any atom is -0.455 e. The Kier molecular flexibility index (Phi) is 10.2. The molecule has 1 aromatic carbocycles. The molecule has 2 saturated heterocycles. The molecule has 0 radical (unpaired) electrons. The number of urea groups is 1. The van der Waals surface area contributed by atoms with E-state index in [-0.39, 0.29) is 18.8 Å². The number of aromatic nitrogens is 2. The number of nitrogens with one attached hydrogen (secondary N) is 2. The molecule has 0 saturated carbocycles. The van der Waals surface area contributed by atoms with Crippen LogP contribution in [0.15, 0.2) is 52.0 Å². The predicted octanol–water partition coefficient (Wildman–Crippen LogP) is 2.07. The third-order valence-electron chi connectivity index (χ3n) is 7.40. The van der Waals surface area contributed by atoms with Crippen LogP contribution in [0.3, 0.4) is 0 Å². The van der Waals surface area contributed by atoms with Crippen LogP contribution in [0.2, 0.25) is 0 Å². The molecule has 2 fully saturated rings. The molecule has 5 rings (SSSR count). The van der Waals surface area contributed by atoms with E-state index in [9.17, 15) is 28.8 Å². The number of benzene rings is 1. The Balaban J connectivity index is 1.41. The lowest BCUT2D eigenvalue weighted by atomic mass is 10.00. The Labute approximate surface area is 287 Å². The number of fused-ring (bicyclic) bond motifs is 1. The van der Waals surface area contributed by atoms with Gasteiger partial charge >= 0.3 is 23.8 Å². The lowest BCUT2D eigenvalue weighted by Gasteiger charge is -2.56. The van der Waals surface area contributed by atoms with Gasteiger partial charge in [0.1, 0.15) is 26.9 Å². The lowest BCUT2D eigenvalue weighted by Crippen LogP contribution is -2.78. The molecule has 250 valence electrons. The average molecular weight is 720 g/mol. The number of amides is 6. The summed E-state index contributed by atoms with van der Waals surface area (Å²) in [5.74, 6) is -2.92. The molecule has 3 aliphatic heterocycles.